The first-order chi connectivity index (χ1) is 7.16. The van der Waals surface area contributed by atoms with Crippen LogP contribution in [0.3, 0.4) is 0 Å². The van der Waals surface area contributed by atoms with Gasteiger partial charge in [-0.15, -0.1) is 0 Å². The Bertz CT molecular complexity index is 361. The van der Waals surface area contributed by atoms with Crippen LogP contribution in [0.4, 0.5) is 0 Å². The lowest BCUT2D eigenvalue weighted by atomic mass is 10.2. The van der Waals surface area contributed by atoms with Crippen molar-refractivity contribution in [2.24, 2.45) is 0 Å². The molecule has 1 aliphatic rings. The molecule has 3 nitrogen and oxygen atoms in total. The summed E-state index contributed by atoms with van der Waals surface area (Å²) >= 11 is 3.57. The van der Waals surface area contributed by atoms with E-state index in [1.807, 2.05) is 6.92 Å². The summed E-state index contributed by atoms with van der Waals surface area (Å²) in [6, 6.07) is 3.75. The van der Waals surface area contributed by atoms with E-state index in [0.29, 0.717) is 10.6 Å². The van der Waals surface area contributed by atoms with E-state index in [2.05, 4.69) is 21.2 Å². The second-order valence-electron chi connectivity index (χ2n) is 3.94. The van der Waals surface area contributed by atoms with Crippen LogP contribution < -0.4 is 5.32 Å². The Labute approximate surface area is 97.4 Å². The van der Waals surface area contributed by atoms with Gasteiger partial charge in [0.05, 0.1) is 0 Å². The van der Waals surface area contributed by atoms with Gasteiger partial charge in [-0.2, -0.15) is 0 Å². The number of rotatable bonds is 2. The first-order valence-electron chi connectivity index (χ1n) is 5.18. The van der Waals surface area contributed by atoms with Crippen LogP contribution in [0.1, 0.15) is 35.6 Å². The molecule has 4 heteroatoms. The summed E-state index contributed by atoms with van der Waals surface area (Å²) < 4.78 is 5.26. The molecule has 82 valence electrons. The van der Waals surface area contributed by atoms with Gasteiger partial charge in [0.25, 0.3) is 5.91 Å². The van der Waals surface area contributed by atoms with Gasteiger partial charge in [-0.25, -0.2) is 0 Å². The fourth-order valence-corrected chi connectivity index (χ4v) is 2.59. The Kier molecular flexibility index (Phi) is 3.14. The number of furan rings is 1. The molecule has 0 aliphatic heterocycles. The van der Waals surface area contributed by atoms with Crippen molar-refractivity contribution >= 4 is 21.8 Å². The Morgan fingerprint density at radius 2 is 2.33 bits per heavy atom. The zero-order valence-corrected chi connectivity index (χ0v) is 10.2. The van der Waals surface area contributed by atoms with Gasteiger partial charge < -0.3 is 9.73 Å². The van der Waals surface area contributed by atoms with Crippen LogP contribution in [0, 0.1) is 6.92 Å². The highest BCUT2D eigenvalue weighted by Gasteiger charge is 2.27. The summed E-state index contributed by atoms with van der Waals surface area (Å²) in [7, 11) is 0. The highest BCUT2D eigenvalue weighted by Crippen LogP contribution is 2.25. The maximum Gasteiger partial charge on any atom is 0.287 e. The molecule has 1 aromatic heterocycles. The van der Waals surface area contributed by atoms with Crippen LogP contribution in [0.15, 0.2) is 16.5 Å². The fourth-order valence-electron chi connectivity index (χ4n) is 1.87. The minimum absolute atomic E-state index is 0.112. The smallest absolute Gasteiger partial charge is 0.287 e. The summed E-state index contributed by atoms with van der Waals surface area (Å²) in [5, 5.41) is 2.98. The average Bonchev–Trinajstić information content (AvgIpc) is 2.77. The molecule has 2 unspecified atom stereocenters. The SMILES string of the molecule is Cc1ccc(C(=O)NC2CCCC2Br)o1. The molecule has 0 saturated heterocycles. The number of carbonyl (C=O) groups is 1. The van der Waals surface area contributed by atoms with E-state index >= 15 is 0 Å². The molecule has 1 heterocycles. The summed E-state index contributed by atoms with van der Waals surface area (Å²) in [6.07, 6.45) is 3.33. The molecule has 2 rings (SSSR count). The summed E-state index contributed by atoms with van der Waals surface area (Å²) in [4.78, 5) is 12.1. The normalized spacial score (nSPS) is 25.5. The number of amides is 1. The van der Waals surface area contributed by atoms with Gasteiger partial charge in [0.1, 0.15) is 5.76 Å². The van der Waals surface area contributed by atoms with E-state index in [9.17, 15) is 4.79 Å². The van der Waals surface area contributed by atoms with E-state index in [4.69, 9.17) is 4.42 Å². The van der Waals surface area contributed by atoms with Crippen molar-refractivity contribution in [3.05, 3.63) is 23.7 Å². The van der Waals surface area contributed by atoms with Crippen molar-refractivity contribution < 1.29 is 9.21 Å². The molecule has 0 aromatic carbocycles. The monoisotopic (exact) mass is 271 g/mol. The summed E-state index contributed by atoms with van der Waals surface area (Å²) in [5.74, 6) is 1.06. The molecule has 1 fully saturated rings. The molecular formula is C11H14BrNO2. The third-order valence-electron chi connectivity index (χ3n) is 2.71. The van der Waals surface area contributed by atoms with E-state index in [1.165, 1.54) is 0 Å². The first kappa shape index (κ1) is 10.7. The van der Waals surface area contributed by atoms with Crippen LogP contribution >= 0.6 is 15.9 Å². The summed E-state index contributed by atoms with van der Waals surface area (Å²) in [5.41, 5.74) is 0. The lowest BCUT2D eigenvalue weighted by molar-refractivity contribution is 0.0909. The van der Waals surface area contributed by atoms with Gasteiger partial charge in [0.15, 0.2) is 5.76 Å². The number of hydrogen-bond donors (Lipinski definition) is 1. The van der Waals surface area contributed by atoms with Gasteiger partial charge in [-0.05, 0) is 31.9 Å². The molecule has 0 radical (unpaired) electrons. The quantitative estimate of drug-likeness (QED) is 0.841. The molecule has 0 bridgehead atoms. The highest BCUT2D eigenvalue weighted by molar-refractivity contribution is 9.09. The zero-order valence-electron chi connectivity index (χ0n) is 8.63. The zero-order chi connectivity index (χ0) is 10.8. The van der Waals surface area contributed by atoms with Gasteiger partial charge >= 0.3 is 0 Å². The molecular weight excluding hydrogens is 258 g/mol. The van der Waals surface area contributed by atoms with Crippen LogP contribution in [0.25, 0.3) is 0 Å². The predicted molar refractivity (Wildman–Crippen MR) is 61.3 cm³/mol. The molecule has 1 aliphatic carbocycles. The van der Waals surface area contributed by atoms with E-state index in [1.54, 1.807) is 12.1 Å². The van der Waals surface area contributed by atoms with Crippen molar-refractivity contribution in [3.8, 4) is 0 Å². The minimum atomic E-state index is -0.112. The third kappa shape index (κ3) is 2.43. The third-order valence-corrected chi connectivity index (χ3v) is 3.81. The van der Waals surface area contributed by atoms with Crippen molar-refractivity contribution in [3.63, 3.8) is 0 Å². The number of carbonyl (C=O) groups excluding carboxylic acids is 1. The standard InChI is InChI=1S/C11H14BrNO2/c1-7-5-6-10(15-7)11(14)13-9-4-2-3-8(9)12/h5-6,8-9H,2-4H2,1H3,(H,13,14). The van der Waals surface area contributed by atoms with Crippen LogP contribution in [-0.2, 0) is 0 Å². The number of hydrogen-bond acceptors (Lipinski definition) is 2. The Morgan fingerprint density at radius 3 is 2.87 bits per heavy atom. The highest BCUT2D eigenvalue weighted by atomic mass is 79.9. The van der Waals surface area contributed by atoms with E-state index < -0.39 is 0 Å². The maximum atomic E-state index is 11.7. The predicted octanol–water partition coefficient (Wildman–Crippen LogP) is 2.63. The minimum Gasteiger partial charge on any atom is -0.456 e. The first-order valence-corrected chi connectivity index (χ1v) is 6.10. The topological polar surface area (TPSA) is 42.2 Å². The lowest BCUT2D eigenvalue weighted by Crippen LogP contribution is -2.37. The molecule has 1 saturated carbocycles. The average molecular weight is 272 g/mol. The van der Waals surface area contributed by atoms with Crippen LogP contribution in [-0.4, -0.2) is 16.8 Å². The van der Waals surface area contributed by atoms with Crippen molar-refractivity contribution in [1.29, 1.82) is 0 Å². The lowest BCUT2D eigenvalue weighted by Gasteiger charge is -2.14. The van der Waals surface area contributed by atoms with E-state index in [0.717, 1.165) is 25.0 Å². The number of nitrogens with one attached hydrogen (secondary N) is 1. The number of aryl methyl sites for hydroxylation is 1. The van der Waals surface area contributed by atoms with E-state index in [-0.39, 0.29) is 11.9 Å². The second kappa shape index (κ2) is 4.39. The van der Waals surface area contributed by atoms with Crippen molar-refractivity contribution in [1.82, 2.24) is 5.32 Å². The molecule has 1 aromatic rings. The molecule has 1 amide bonds. The Morgan fingerprint density at radius 1 is 1.53 bits per heavy atom. The van der Waals surface area contributed by atoms with Crippen molar-refractivity contribution in [2.45, 2.75) is 37.1 Å². The summed E-state index contributed by atoms with van der Waals surface area (Å²) in [6.45, 7) is 1.83. The van der Waals surface area contributed by atoms with Gasteiger partial charge in [-0.1, -0.05) is 22.4 Å². The van der Waals surface area contributed by atoms with Gasteiger partial charge in [0.2, 0.25) is 0 Å². The van der Waals surface area contributed by atoms with Crippen molar-refractivity contribution in [2.75, 3.05) is 0 Å². The molecule has 2 atom stereocenters. The van der Waals surface area contributed by atoms with Crippen LogP contribution in [0.2, 0.25) is 0 Å². The fraction of sp³-hybridized carbons (Fsp3) is 0.545. The molecule has 15 heavy (non-hydrogen) atoms. The number of alkyl halides is 1. The van der Waals surface area contributed by atoms with Gasteiger partial charge in [0, 0.05) is 10.9 Å². The van der Waals surface area contributed by atoms with Crippen LogP contribution in [0.5, 0.6) is 0 Å². The molecule has 1 N–H and O–H groups in total. The maximum absolute atomic E-state index is 11.7. The Balaban J connectivity index is 1.97. The number of halogens is 1. The largest absolute Gasteiger partial charge is 0.456 e. The second-order valence-corrected chi connectivity index (χ2v) is 5.11. The molecule has 0 spiro atoms. The van der Waals surface area contributed by atoms with Gasteiger partial charge in [-0.3, -0.25) is 4.79 Å². The Hall–Kier alpha value is -0.770.